The van der Waals surface area contributed by atoms with Crippen molar-refractivity contribution < 1.29 is 19.4 Å². The third kappa shape index (κ3) is 4.40. The van der Waals surface area contributed by atoms with Gasteiger partial charge in [-0.25, -0.2) is 0 Å². The zero-order valence-electron chi connectivity index (χ0n) is 10.6. The van der Waals surface area contributed by atoms with Crippen molar-refractivity contribution in [1.82, 2.24) is 0 Å². The van der Waals surface area contributed by atoms with Gasteiger partial charge >= 0.3 is 5.97 Å². The summed E-state index contributed by atoms with van der Waals surface area (Å²) in [6.07, 6.45) is 0.0436. The van der Waals surface area contributed by atoms with Gasteiger partial charge in [0.2, 0.25) is 0 Å². The van der Waals surface area contributed by atoms with Gasteiger partial charge in [-0.05, 0) is 12.0 Å². The van der Waals surface area contributed by atoms with Gasteiger partial charge in [-0.1, -0.05) is 30.1 Å². The highest BCUT2D eigenvalue weighted by Crippen LogP contribution is 2.32. The van der Waals surface area contributed by atoms with Crippen molar-refractivity contribution in [3.8, 4) is 5.75 Å². The van der Waals surface area contributed by atoms with Crippen LogP contribution in [0, 0.1) is 5.92 Å². The van der Waals surface area contributed by atoms with Gasteiger partial charge in [0, 0.05) is 24.5 Å². The summed E-state index contributed by atoms with van der Waals surface area (Å²) in [7, 11) is 1.45. The predicted octanol–water partition coefficient (Wildman–Crippen LogP) is 3.69. The van der Waals surface area contributed by atoms with E-state index in [1.54, 1.807) is 6.92 Å². The molecule has 0 fully saturated rings. The molecule has 0 aromatic heterocycles. The van der Waals surface area contributed by atoms with Crippen LogP contribution < -0.4 is 4.74 Å². The molecule has 0 aliphatic heterocycles. The summed E-state index contributed by atoms with van der Waals surface area (Å²) in [6, 6.07) is 2.91. The first-order chi connectivity index (χ1) is 8.85. The van der Waals surface area contributed by atoms with Crippen LogP contribution in [0.1, 0.15) is 30.1 Å². The molecule has 0 saturated heterocycles. The molecule has 104 valence electrons. The molecule has 1 aromatic rings. The Labute approximate surface area is 121 Å². The minimum atomic E-state index is -0.931. The van der Waals surface area contributed by atoms with E-state index >= 15 is 0 Å². The summed E-state index contributed by atoms with van der Waals surface area (Å²) < 4.78 is 4.99. The number of rotatable bonds is 6. The van der Waals surface area contributed by atoms with E-state index in [2.05, 4.69) is 0 Å². The Hall–Kier alpha value is -1.26. The number of carbonyl (C=O) groups is 2. The number of hydrogen-bond acceptors (Lipinski definition) is 3. The van der Waals surface area contributed by atoms with Gasteiger partial charge in [-0.15, -0.1) is 0 Å². The van der Waals surface area contributed by atoms with Crippen molar-refractivity contribution in [2.24, 2.45) is 5.92 Å². The summed E-state index contributed by atoms with van der Waals surface area (Å²) in [5, 5.41) is 9.20. The number of ether oxygens (including phenoxy) is 1. The van der Waals surface area contributed by atoms with E-state index in [9.17, 15) is 9.59 Å². The zero-order valence-corrected chi connectivity index (χ0v) is 12.1. The van der Waals surface area contributed by atoms with Crippen molar-refractivity contribution in [2.75, 3.05) is 7.11 Å². The molecule has 0 radical (unpaired) electrons. The van der Waals surface area contributed by atoms with Crippen LogP contribution in [0.3, 0.4) is 0 Å². The Balaban J connectivity index is 2.88. The monoisotopic (exact) mass is 304 g/mol. The van der Waals surface area contributed by atoms with E-state index in [1.165, 1.54) is 19.2 Å². The molecule has 4 nitrogen and oxygen atoms in total. The molecule has 0 bridgehead atoms. The Bertz CT molecular complexity index is 500. The molecule has 0 amide bonds. The Morgan fingerprint density at radius 1 is 1.26 bits per heavy atom. The van der Waals surface area contributed by atoms with Gasteiger partial charge in [0.05, 0.1) is 17.2 Å². The number of benzene rings is 1. The molecule has 0 spiro atoms. The number of hydrogen-bond donors (Lipinski definition) is 1. The second kappa shape index (κ2) is 6.78. The molecule has 0 aliphatic carbocycles. The minimum Gasteiger partial charge on any atom is -0.495 e. The predicted molar refractivity (Wildman–Crippen MR) is 73.4 cm³/mol. The summed E-state index contributed by atoms with van der Waals surface area (Å²) in [5.41, 5.74) is 0.282. The molecule has 0 heterocycles. The van der Waals surface area contributed by atoms with Gasteiger partial charge in [0.1, 0.15) is 5.75 Å². The third-order valence-corrected chi connectivity index (χ3v) is 3.21. The van der Waals surface area contributed by atoms with Crippen molar-refractivity contribution in [3.63, 3.8) is 0 Å². The highest BCUT2D eigenvalue weighted by atomic mass is 35.5. The fourth-order valence-corrected chi connectivity index (χ4v) is 2.20. The van der Waals surface area contributed by atoms with Crippen molar-refractivity contribution >= 4 is 35.0 Å². The molecule has 1 unspecified atom stereocenters. The second-order valence-electron chi connectivity index (χ2n) is 4.30. The fourth-order valence-electron chi connectivity index (χ4n) is 1.70. The molecule has 1 atom stereocenters. The molecular weight excluding hydrogens is 291 g/mol. The van der Waals surface area contributed by atoms with Crippen LogP contribution >= 0.6 is 23.2 Å². The SMILES string of the molecule is COc1cc(Cl)c(C(=O)CC(C)CC(=O)O)cc1Cl. The van der Waals surface area contributed by atoms with Crippen LogP contribution in [0.5, 0.6) is 5.75 Å². The number of aliphatic carboxylic acids is 1. The first kappa shape index (κ1) is 15.8. The first-order valence-electron chi connectivity index (χ1n) is 5.63. The van der Waals surface area contributed by atoms with E-state index in [0.29, 0.717) is 10.8 Å². The number of carboxylic acid groups (broad SMARTS) is 1. The molecule has 1 aromatic carbocycles. The van der Waals surface area contributed by atoms with Crippen molar-refractivity contribution in [3.05, 3.63) is 27.7 Å². The van der Waals surface area contributed by atoms with Gasteiger partial charge < -0.3 is 9.84 Å². The van der Waals surface area contributed by atoms with E-state index in [0.717, 1.165) is 0 Å². The highest BCUT2D eigenvalue weighted by Gasteiger charge is 2.18. The van der Waals surface area contributed by atoms with E-state index in [1.807, 2.05) is 0 Å². The standard InChI is InChI=1S/C13H14Cl2O4/c1-7(4-13(17)18)3-11(16)8-5-10(15)12(19-2)6-9(8)14/h5-7H,3-4H2,1-2H3,(H,17,18). The fraction of sp³-hybridized carbons (Fsp3) is 0.385. The average molecular weight is 305 g/mol. The van der Waals surface area contributed by atoms with Crippen molar-refractivity contribution in [1.29, 1.82) is 0 Å². The van der Waals surface area contributed by atoms with Gasteiger partial charge in [-0.2, -0.15) is 0 Å². The number of carbonyl (C=O) groups excluding carboxylic acids is 1. The molecular formula is C13H14Cl2O4. The Morgan fingerprint density at radius 2 is 1.89 bits per heavy atom. The third-order valence-electron chi connectivity index (χ3n) is 2.60. The molecule has 1 rings (SSSR count). The lowest BCUT2D eigenvalue weighted by Crippen LogP contribution is -2.10. The van der Waals surface area contributed by atoms with Gasteiger partial charge in [-0.3, -0.25) is 9.59 Å². The van der Waals surface area contributed by atoms with Crippen LogP contribution in [0.4, 0.5) is 0 Å². The minimum absolute atomic E-state index is 0.0623. The van der Waals surface area contributed by atoms with Crippen LogP contribution in [0.2, 0.25) is 10.0 Å². The van der Waals surface area contributed by atoms with E-state index < -0.39 is 5.97 Å². The van der Waals surface area contributed by atoms with Crippen LogP contribution in [-0.2, 0) is 4.79 Å². The second-order valence-corrected chi connectivity index (χ2v) is 5.11. The summed E-state index contributed by atoms with van der Waals surface area (Å²) in [6.45, 7) is 1.70. The number of halogens is 2. The highest BCUT2D eigenvalue weighted by molar-refractivity contribution is 6.36. The Kier molecular flexibility index (Phi) is 5.63. The summed E-state index contributed by atoms with van der Waals surface area (Å²) in [5.74, 6) is -1.04. The topological polar surface area (TPSA) is 63.6 Å². The van der Waals surface area contributed by atoms with Gasteiger partial charge in [0.15, 0.2) is 5.78 Å². The first-order valence-corrected chi connectivity index (χ1v) is 6.38. The number of ketones is 1. The quantitative estimate of drug-likeness (QED) is 0.814. The zero-order chi connectivity index (χ0) is 14.6. The lowest BCUT2D eigenvalue weighted by atomic mass is 9.97. The van der Waals surface area contributed by atoms with Crippen LogP contribution in [0.15, 0.2) is 12.1 Å². The number of carboxylic acids is 1. The summed E-state index contributed by atoms with van der Waals surface area (Å²) >= 11 is 11.9. The maximum Gasteiger partial charge on any atom is 0.303 e. The lowest BCUT2D eigenvalue weighted by Gasteiger charge is -2.11. The lowest BCUT2D eigenvalue weighted by molar-refractivity contribution is -0.137. The van der Waals surface area contributed by atoms with Crippen LogP contribution in [0.25, 0.3) is 0 Å². The molecule has 6 heteroatoms. The maximum absolute atomic E-state index is 12.0. The van der Waals surface area contributed by atoms with E-state index in [4.69, 9.17) is 33.0 Å². The summed E-state index contributed by atoms with van der Waals surface area (Å²) in [4.78, 5) is 22.6. The average Bonchev–Trinajstić information content (AvgIpc) is 2.30. The largest absolute Gasteiger partial charge is 0.495 e. The molecule has 0 saturated carbocycles. The smallest absolute Gasteiger partial charge is 0.303 e. The van der Waals surface area contributed by atoms with Gasteiger partial charge in [0.25, 0.3) is 0 Å². The number of methoxy groups -OCH3 is 1. The molecule has 0 aliphatic rings. The number of Topliss-reactive ketones (excluding diaryl/α,β-unsaturated/α-hetero) is 1. The van der Waals surface area contributed by atoms with Crippen molar-refractivity contribution in [2.45, 2.75) is 19.8 Å². The molecule has 19 heavy (non-hydrogen) atoms. The van der Waals surface area contributed by atoms with Crippen LogP contribution in [-0.4, -0.2) is 24.0 Å². The maximum atomic E-state index is 12.0. The normalized spacial score (nSPS) is 12.0. The van der Waals surface area contributed by atoms with E-state index in [-0.39, 0.29) is 35.1 Å². The molecule has 1 N–H and O–H groups in total. The Morgan fingerprint density at radius 3 is 2.42 bits per heavy atom.